The Morgan fingerprint density at radius 3 is 2.53 bits per heavy atom. The van der Waals surface area contributed by atoms with Gasteiger partial charge in [-0.15, -0.1) is 0 Å². The molecule has 3 heterocycles. The molecular weight excluding hydrogens is 455 g/mol. The number of rotatable bonds is 5. The van der Waals surface area contributed by atoms with Gasteiger partial charge in [-0.1, -0.05) is 6.07 Å². The normalized spacial score (nSPS) is 22.4. The Morgan fingerprint density at radius 2 is 1.82 bits per heavy atom. The van der Waals surface area contributed by atoms with Crippen molar-refractivity contribution in [1.82, 2.24) is 9.97 Å². The fourth-order valence-electron chi connectivity index (χ4n) is 3.75. The number of aliphatic hydroxyl groups is 3. The number of ether oxygens (including phenoxy) is 1. The molecule has 0 bridgehead atoms. The van der Waals surface area contributed by atoms with Crippen LogP contribution >= 0.6 is 0 Å². The molecule has 0 aliphatic carbocycles. The first kappa shape index (κ1) is 23.8. The minimum Gasteiger partial charge on any atom is -0.394 e. The number of hydrogen-bond donors (Lipinski definition) is 4. The molecule has 4 N–H and O–H groups in total. The average molecular weight is 475 g/mol. The number of pyridine rings is 2. The van der Waals surface area contributed by atoms with Crippen LogP contribution in [-0.4, -0.2) is 56.1 Å². The van der Waals surface area contributed by atoms with E-state index in [1.165, 1.54) is 18.5 Å². The van der Waals surface area contributed by atoms with Crippen molar-refractivity contribution in [1.29, 1.82) is 0 Å². The summed E-state index contributed by atoms with van der Waals surface area (Å²) in [5.41, 5.74) is -1.11. The Morgan fingerprint density at radius 1 is 1.09 bits per heavy atom. The predicted molar refractivity (Wildman–Crippen MR) is 113 cm³/mol. The van der Waals surface area contributed by atoms with Gasteiger partial charge < -0.3 is 25.4 Å². The summed E-state index contributed by atoms with van der Waals surface area (Å²) in [4.78, 5) is 20.6. The van der Waals surface area contributed by atoms with Crippen LogP contribution in [0.5, 0.6) is 0 Å². The molecule has 34 heavy (non-hydrogen) atoms. The third-order valence-electron chi connectivity index (χ3n) is 5.48. The second-order valence-corrected chi connectivity index (χ2v) is 7.68. The summed E-state index contributed by atoms with van der Waals surface area (Å²) >= 11 is 0. The molecule has 2 aromatic heterocycles. The van der Waals surface area contributed by atoms with Gasteiger partial charge in [-0.2, -0.15) is 0 Å². The van der Waals surface area contributed by atoms with Gasteiger partial charge in [-0.05, 0) is 30.3 Å². The number of benzene rings is 1. The number of carbonyl (C=O) groups excluding carboxylic acids is 1. The molecule has 0 saturated carbocycles. The zero-order valence-corrected chi connectivity index (χ0v) is 17.5. The lowest BCUT2D eigenvalue weighted by Crippen LogP contribution is -2.47. The van der Waals surface area contributed by atoms with Crippen LogP contribution in [0.3, 0.4) is 0 Å². The van der Waals surface area contributed by atoms with Crippen LogP contribution in [-0.2, 0) is 4.74 Å². The van der Waals surface area contributed by atoms with E-state index in [0.29, 0.717) is 5.56 Å². The van der Waals surface area contributed by atoms with E-state index >= 15 is 0 Å². The zero-order valence-electron chi connectivity index (χ0n) is 17.5. The Kier molecular flexibility index (Phi) is 6.89. The summed E-state index contributed by atoms with van der Waals surface area (Å²) in [5.74, 6) is -3.90. The van der Waals surface area contributed by atoms with Crippen molar-refractivity contribution in [3.05, 3.63) is 77.5 Å². The number of hydrogen-bond acceptors (Lipinski definition) is 7. The molecule has 178 valence electrons. The molecule has 0 radical (unpaired) electrons. The Hall–Kier alpha value is -3.38. The molecule has 11 heteroatoms. The molecule has 8 nitrogen and oxygen atoms in total. The van der Waals surface area contributed by atoms with Crippen LogP contribution in [0.2, 0.25) is 0 Å². The summed E-state index contributed by atoms with van der Waals surface area (Å²) in [6, 6.07) is 6.48. The lowest BCUT2D eigenvalue weighted by molar-refractivity contribution is -0.181. The van der Waals surface area contributed by atoms with Crippen molar-refractivity contribution in [3.63, 3.8) is 0 Å². The molecule has 1 aliphatic heterocycles. The van der Waals surface area contributed by atoms with Crippen molar-refractivity contribution < 1.29 is 38.0 Å². The fourth-order valence-corrected chi connectivity index (χ4v) is 3.75. The van der Waals surface area contributed by atoms with E-state index in [1.54, 1.807) is 0 Å². The first-order valence-corrected chi connectivity index (χ1v) is 10.3. The highest BCUT2D eigenvalue weighted by Gasteiger charge is 2.37. The summed E-state index contributed by atoms with van der Waals surface area (Å²) in [7, 11) is 0. The quantitative estimate of drug-likeness (QED) is 0.447. The molecule has 1 saturated heterocycles. The van der Waals surface area contributed by atoms with Crippen molar-refractivity contribution in [3.8, 4) is 11.3 Å². The van der Waals surface area contributed by atoms with Crippen molar-refractivity contribution >= 4 is 11.6 Å². The van der Waals surface area contributed by atoms with Gasteiger partial charge in [-0.3, -0.25) is 9.78 Å². The van der Waals surface area contributed by atoms with Gasteiger partial charge >= 0.3 is 0 Å². The number of amides is 1. The summed E-state index contributed by atoms with van der Waals surface area (Å²) in [6.45, 7) is -0.531. The maximum atomic E-state index is 14.3. The number of aromatic nitrogens is 2. The van der Waals surface area contributed by atoms with E-state index in [9.17, 15) is 33.3 Å². The minimum atomic E-state index is -1.28. The van der Waals surface area contributed by atoms with Gasteiger partial charge in [0.05, 0.1) is 36.3 Å². The van der Waals surface area contributed by atoms with Gasteiger partial charge in [-0.25, -0.2) is 18.2 Å². The second-order valence-electron chi connectivity index (χ2n) is 7.68. The summed E-state index contributed by atoms with van der Waals surface area (Å²) in [6.07, 6.45) is -1.57. The first-order chi connectivity index (χ1) is 16.3. The van der Waals surface area contributed by atoms with E-state index in [0.717, 1.165) is 30.3 Å². The highest BCUT2D eigenvalue weighted by molar-refractivity contribution is 6.03. The Bertz CT molecular complexity index is 1190. The number of aliphatic hydroxyl groups excluding tert-OH is 3. The molecule has 1 fully saturated rings. The van der Waals surface area contributed by atoms with Gasteiger partial charge in [0.25, 0.3) is 5.91 Å². The lowest BCUT2D eigenvalue weighted by atomic mass is 9.94. The molecule has 0 unspecified atom stereocenters. The largest absolute Gasteiger partial charge is 0.394 e. The predicted octanol–water partition coefficient (Wildman–Crippen LogP) is 2.36. The lowest BCUT2D eigenvalue weighted by Gasteiger charge is -2.37. The first-order valence-electron chi connectivity index (χ1n) is 10.3. The van der Waals surface area contributed by atoms with Gasteiger partial charge in [0.2, 0.25) is 0 Å². The molecular formula is C23H20F3N3O5. The van der Waals surface area contributed by atoms with E-state index in [-0.39, 0.29) is 17.8 Å². The maximum Gasteiger partial charge on any atom is 0.274 e. The molecule has 1 aromatic carbocycles. The SMILES string of the molecule is O=C(Nc1cnccc1[C@H]1C[C@@H](O)[C@H](O)[C@@H](CO)O1)c1ccc(F)c(-c2c(F)cccc2F)n1. The summed E-state index contributed by atoms with van der Waals surface area (Å²) in [5, 5.41) is 32.0. The van der Waals surface area contributed by atoms with E-state index < -0.39 is 65.6 Å². The fraction of sp³-hybridized carbons (Fsp3) is 0.261. The summed E-state index contributed by atoms with van der Waals surface area (Å²) < 4.78 is 48.3. The van der Waals surface area contributed by atoms with Crippen LogP contribution in [0.15, 0.2) is 48.8 Å². The van der Waals surface area contributed by atoms with Gasteiger partial charge in [0, 0.05) is 18.2 Å². The number of anilines is 1. The third-order valence-corrected chi connectivity index (χ3v) is 5.48. The highest BCUT2D eigenvalue weighted by Crippen LogP contribution is 2.35. The number of carbonyl (C=O) groups is 1. The van der Waals surface area contributed by atoms with Crippen molar-refractivity contribution in [2.24, 2.45) is 0 Å². The topological polar surface area (TPSA) is 125 Å². The average Bonchev–Trinajstić information content (AvgIpc) is 2.82. The van der Waals surface area contributed by atoms with Crippen molar-refractivity contribution in [2.75, 3.05) is 11.9 Å². The molecule has 3 aromatic rings. The molecule has 4 rings (SSSR count). The van der Waals surface area contributed by atoms with Gasteiger partial charge in [0.1, 0.15) is 41.0 Å². The van der Waals surface area contributed by atoms with Crippen molar-refractivity contribution in [2.45, 2.75) is 30.8 Å². The zero-order chi connectivity index (χ0) is 24.4. The maximum absolute atomic E-state index is 14.3. The van der Waals surface area contributed by atoms with Crippen LogP contribution in [0.25, 0.3) is 11.3 Å². The Balaban J connectivity index is 1.63. The standard InChI is InChI=1S/C23H20F3N3O5/c24-12-2-1-3-13(25)20(12)21-14(26)4-5-15(28-21)23(33)29-16-9-27-7-6-11(16)18-8-17(31)22(32)19(10-30)34-18/h1-7,9,17-19,22,30-32H,8,10H2,(H,29,33)/t17-,18-,19-,22+/m1/s1. The Labute approximate surface area is 191 Å². The molecule has 1 aliphatic rings. The molecule has 4 atom stereocenters. The monoisotopic (exact) mass is 475 g/mol. The smallest absolute Gasteiger partial charge is 0.274 e. The van der Waals surface area contributed by atoms with Crippen LogP contribution in [0.1, 0.15) is 28.6 Å². The van der Waals surface area contributed by atoms with E-state index in [4.69, 9.17) is 4.74 Å². The van der Waals surface area contributed by atoms with Crippen LogP contribution < -0.4 is 5.32 Å². The number of nitrogens with zero attached hydrogens (tertiary/aromatic N) is 2. The molecule has 1 amide bonds. The second kappa shape index (κ2) is 9.85. The van der Waals surface area contributed by atoms with E-state index in [1.807, 2.05) is 0 Å². The van der Waals surface area contributed by atoms with Gasteiger partial charge in [0.15, 0.2) is 0 Å². The van der Waals surface area contributed by atoms with E-state index in [2.05, 4.69) is 15.3 Å². The number of halogens is 3. The van der Waals surface area contributed by atoms with Crippen LogP contribution in [0, 0.1) is 17.5 Å². The molecule has 0 spiro atoms. The number of nitrogens with one attached hydrogen (secondary N) is 1. The minimum absolute atomic E-state index is 0.0178. The highest BCUT2D eigenvalue weighted by atomic mass is 19.1. The van der Waals surface area contributed by atoms with Crippen LogP contribution in [0.4, 0.5) is 18.9 Å². The third kappa shape index (κ3) is 4.64.